The van der Waals surface area contributed by atoms with E-state index < -0.39 is 12.1 Å². The predicted molar refractivity (Wildman–Crippen MR) is 78.9 cm³/mol. The number of rotatable bonds is 6. The van der Waals surface area contributed by atoms with Gasteiger partial charge in [0.05, 0.1) is 24.8 Å². The average Bonchev–Trinajstić information content (AvgIpc) is 2.34. The molecule has 0 bridgehead atoms. The molecule has 0 fully saturated rings. The molecular formula is C14H24ClNO3. The number of aromatic hydroxyl groups is 1. The second-order valence-corrected chi connectivity index (χ2v) is 4.96. The van der Waals surface area contributed by atoms with E-state index in [2.05, 4.69) is 13.8 Å². The van der Waals surface area contributed by atoms with Gasteiger partial charge in [0.1, 0.15) is 11.5 Å². The summed E-state index contributed by atoms with van der Waals surface area (Å²) in [6.45, 7) is 4.19. The molecule has 110 valence electrons. The minimum Gasteiger partial charge on any atom is -0.507 e. The number of benzene rings is 1. The number of nitrogens with two attached hydrogens (primary N) is 1. The molecule has 0 spiro atoms. The molecule has 0 aromatic heterocycles. The fourth-order valence-electron chi connectivity index (χ4n) is 1.92. The lowest BCUT2D eigenvalue weighted by Gasteiger charge is -2.22. The third-order valence-electron chi connectivity index (χ3n) is 3.05. The highest BCUT2D eigenvalue weighted by atomic mass is 35.5. The zero-order valence-electron chi connectivity index (χ0n) is 11.7. The Labute approximate surface area is 121 Å². The molecule has 1 aromatic carbocycles. The van der Waals surface area contributed by atoms with Crippen molar-refractivity contribution in [2.75, 3.05) is 7.11 Å². The second-order valence-electron chi connectivity index (χ2n) is 4.96. The molecule has 4 nitrogen and oxygen atoms in total. The molecule has 0 radical (unpaired) electrons. The van der Waals surface area contributed by atoms with Crippen LogP contribution in [-0.2, 0) is 0 Å². The molecule has 0 unspecified atom stereocenters. The van der Waals surface area contributed by atoms with Gasteiger partial charge in [-0.3, -0.25) is 0 Å². The van der Waals surface area contributed by atoms with Gasteiger partial charge < -0.3 is 20.7 Å². The Kier molecular flexibility index (Phi) is 7.83. The summed E-state index contributed by atoms with van der Waals surface area (Å²) in [7, 11) is 1.52. The van der Waals surface area contributed by atoms with E-state index in [0.717, 1.165) is 6.42 Å². The molecule has 0 amide bonds. The minimum atomic E-state index is -0.686. The van der Waals surface area contributed by atoms with Crippen molar-refractivity contribution in [3.05, 3.63) is 23.8 Å². The van der Waals surface area contributed by atoms with Crippen LogP contribution in [0.1, 0.15) is 38.3 Å². The summed E-state index contributed by atoms with van der Waals surface area (Å²) in [5, 5.41) is 19.9. The lowest BCUT2D eigenvalue weighted by Crippen LogP contribution is -2.27. The fraction of sp³-hybridized carbons (Fsp3) is 0.571. The van der Waals surface area contributed by atoms with Crippen molar-refractivity contribution in [3.63, 3.8) is 0 Å². The lowest BCUT2D eigenvalue weighted by atomic mass is 9.95. The van der Waals surface area contributed by atoms with Crippen LogP contribution < -0.4 is 10.5 Å². The van der Waals surface area contributed by atoms with Crippen molar-refractivity contribution >= 4 is 12.4 Å². The molecule has 0 saturated carbocycles. The van der Waals surface area contributed by atoms with Gasteiger partial charge in [-0.2, -0.15) is 0 Å². The standard InChI is InChI=1S/C14H23NO3.ClH/c1-9(2)7-8-11(17)14(15)13-10(16)5-4-6-12(13)18-3;/h4-6,9,11,14,16-17H,7-8,15H2,1-3H3;1H/t11-,14-;/m1./s1. The monoisotopic (exact) mass is 289 g/mol. The van der Waals surface area contributed by atoms with Gasteiger partial charge in [-0.1, -0.05) is 19.9 Å². The molecule has 4 N–H and O–H groups in total. The van der Waals surface area contributed by atoms with E-state index in [9.17, 15) is 10.2 Å². The smallest absolute Gasteiger partial charge is 0.127 e. The Hall–Kier alpha value is -0.970. The molecule has 0 aliphatic carbocycles. The Morgan fingerprint density at radius 2 is 1.89 bits per heavy atom. The highest BCUT2D eigenvalue weighted by molar-refractivity contribution is 5.85. The van der Waals surface area contributed by atoms with Gasteiger partial charge in [-0.15, -0.1) is 12.4 Å². The normalized spacial score (nSPS) is 13.8. The van der Waals surface area contributed by atoms with Crippen molar-refractivity contribution in [2.24, 2.45) is 11.7 Å². The lowest BCUT2D eigenvalue weighted by molar-refractivity contribution is 0.126. The highest BCUT2D eigenvalue weighted by Crippen LogP contribution is 2.34. The maximum absolute atomic E-state index is 10.1. The topological polar surface area (TPSA) is 75.7 Å². The van der Waals surface area contributed by atoms with Crippen LogP contribution >= 0.6 is 12.4 Å². The third-order valence-corrected chi connectivity index (χ3v) is 3.05. The number of aliphatic hydroxyl groups is 1. The summed E-state index contributed by atoms with van der Waals surface area (Å²) >= 11 is 0. The quantitative estimate of drug-likeness (QED) is 0.752. The molecule has 0 aliphatic heterocycles. The van der Waals surface area contributed by atoms with Crippen LogP contribution in [0.15, 0.2) is 18.2 Å². The predicted octanol–water partition coefficient (Wildman–Crippen LogP) is 2.62. The van der Waals surface area contributed by atoms with Crippen LogP contribution in [0.3, 0.4) is 0 Å². The number of aliphatic hydroxyl groups excluding tert-OH is 1. The van der Waals surface area contributed by atoms with E-state index in [1.54, 1.807) is 18.2 Å². The van der Waals surface area contributed by atoms with Gasteiger partial charge in [-0.25, -0.2) is 0 Å². The first kappa shape index (κ1) is 18.0. The Morgan fingerprint density at radius 1 is 1.26 bits per heavy atom. The minimum absolute atomic E-state index is 0. The van der Waals surface area contributed by atoms with E-state index in [4.69, 9.17) is 10.5 Å². The van der Waals surface area contributed by atoms with E-state index >= 15 is 0 Å². The Balaban J connectivity index is 0.00000324. The average molecular weight is 290 g/mol. The van der Waals surface area contributed by atoms with Crippen molar-refractivity contribution in [3.8, 4) is 11.5 Å². The first-order valence-corrected chi connectivity index (χ1v) is 6.26. The zero-order chi connectivity index (χ0) is 13.7. The van der Waals surface area contributed by atoms with Crippen molar-refractivity contribution < 1.29 is 14.9 Å². The largest absolute Gasteiger partial charge is 0.507 e. The van der Waals surface area contributed by atoms with Gasteiger partial charge >= 0.3 is 0 Å². The molecule has 0 heterocycles. The molecule has 1 aromatic rings. The first-order chi connectivity index (χ1) is 8.47. The SMILES string of the molecule is COc1cccc(O)c1[C@H](N)[C@H](O)CCC(C)C.Cl. The number of hydrogen-bond acceptors (Lipinski definition) is 4. The first-order valence-electron chi connectivity index (χ1n) is 6.26. The number of methoxy groups -OCH3 is 1. The Morgan fingerprint density at radius 3 is 2.42 bits per heavy atom. The molecular weight excluding hydrogens is 266 g/mol. The molecule has 0 saturated heterocycles. The van der Waals surface area contributed by atoms with Crippen LogP contribution in [-0.4, -0.2) is 23.4 Å². The number of hydrogen-bond donors (Lipinski definition) is 3. The molecule has 1 rings (SSSR count). The molecule has 0 aliphatic rings. The van der Waals surface area contributed by atoms with Gasteiger partial charge in [-0.05, 0) is 30.9 Å². The van der Waals surface area contributed by atoms with Gasteiger partial charge in [0.2, 0.25) is 0 Å². The highest BCUT2D eigenvalue weighted by Gasteiger charge is 2.23. The zero-order valence-corrected chi connectivity index (χ0v) is 12.5. The van der Waals surface area contributed by atoms with E-state index in [0.29, 0.717) is 23.7 Å². The van der Waals surface area contributed by atoms with Crippen LogP contribution in [0, 0.1) is 5.92 Å². The summed E-state index contributed by atoms with van der Waals surface area (Å²) in [4.78, 5) is 0. The fourth-order valence-corrected chi connectivity index (χ4v) is 1.92. The second kappa shape index (κ2) is 8.25. The van der Waals surface area contributed by atoms with Crippen molar-refractivity contribution in [1.29, 1.82) is 0 Å². The van der Waals surface area contributed by atoms with Gasteiger partial charge in [0.25, 0.3) is 0 Å². The molecule has 2 atom stereocenters. The Bertz CT molecular complexity index is 385. The van der Waals surface area contributed by atoms with E-state index in [-0.39, 0.29) is 18.2 Å². The van der Waals surface area contributed by atoms with Crippen molar-refractivity contribution in [2.45, 2.75) is 38.8 Å². The van der Waals surface area contributed by atoms with Crippen LogP contribution in [0.2, 0.25) is 0 Å². The number of phenolic OH excluding ortho intramolecular Hbond substituents is 1. The van der Waals surface area contributed by atoms with Crippen LogP contribution in [0.4, 0.5) is 0 Å². The van der Waals surface area contributed by atoms with E-state index in [1.807, 2.05) is 0 Å². The maximum atomic E-state index is 10.1. The summed E-state index contributed by atoms with van der Waals surface area (Å²) in [6.07, 6.45) is 0.816. The summed E-state index contributed by atoms with van der Waals surface area (Å²) in [5.74, 6) is 1.08. The number of halogens is 1. The van der Waals surface area contributed by atoms with Crippen LogP contribution in [0.5, 0.6) is 11.5 Å². The van der Waals surface area contributed by atoms with Crippen LogP contribution in [0.25, 0.3) is 0 Å². The summed E-state index contributed by atoms with van der Waals surface area (Å²) in [6, 6.07) is 4.32. The summed E-state index contributed by atoms with van der Waals surface area (Å²) in [5.41, 5.74) is 6.48. The number of phenols is 1. The summed E-state index contributed by atoms with van der Waals surface area (Å²) < 4.78 is 5.17. The van der Waals surface area contributed by atoms with Gasteiger partial charge in [0, 0.05) is 0 Å². The van der Waals surface area contributed by atoms with Gasteiger partial charge in [0.15, 0.2) is 0 Å². The molecule has 19 heavy (non-hydrogen) atoms. The third kappa shape index (κ3) is 4.90. The number of ether oxygens (including phenoxy) is 1. The maximum Gasteiger partial charge on any atom is 0.127 e. The van der Waals surface area contributed by atoms with Crippen molar-refractivity contribution in [1.82, 2.24) is 0 Å². The molecule has 5 heteroatoms. The van der Waals surface area contributed by atoms with E-state index in [1.165, 1.54) is 7.11 Å².